The standard InChI is InChI=1S/C26H19NO5/c1-15-7-6-9-17(13-15)23-22(24(29)21-14-16-8-2-5-12-20(16)32-21)25(30)26(31)27(23)18-10-3-4-11-19(18)28/h2-14,23,28,30H,1H3. The van der Waals surface area contributed by atoms with Crippen LogP contribution >= 0.6 is 0 Å². The molecule has 1 aromatic heterocycles. The average molecular weight is 425 g/mol. The van der Waals surface area contributed by atoms with Gasteiger partial charge in [0, 0.05) is 5.39 Å². The number of nitrogens with zero attached hydrogens (tertiary/aromatic N) is 1. The van der Waals surface area contributed by atoms with Crippen molar-refractivity contribution in [1.29, 1.82) is 0 Å². The minimum absolute atomic E-state index is 0.0253. The summed E-state index contributed by atoms with van der Waals surface area (Å²) in [7, 11) is 0. The van der Waals surface area contributed by atoms with Gasteiger partial charge in [0.1, 0.15) is 11.3 Å². The van der Waals surface area contributed by atoms with E-state index < -0.39 is 23.5 Å². The summed E-state index contributed by atoms with van der Waals surface area (Å²) in [5.74, 6) is -2.12. The van der Waals surface area contributed by atoms with E-state index in [-0.39, 0.29) is 22.8 Å². The van der Waals surface area contributed by atoms with Crippen molar-refractivity contribution in [3.05, 3.63) is 107 Å². The smallest absolute Gasteiger partial charge is 0.294 e. The largest absolute Gasteiger partial charge is 0.506 e. The number of ketones is 1. The number of aliphatic hydroxyl groups excluding tert-OH is 1. The molecule has 2 N–H and O–H groups in total. The normalized spacial score (nSPS) is 16.2. The molecule has 1 atom stereocenters. The summed E-state index contributed by atoms with van der Waals surface area (Å²) in [5, 5.41) is 22.0. The topological polar surface area (TPSA) is 91.0 Å². The molecular weight excluding hydrogens is 406 g/mol. The SMILES string of the molecule is Cc1cccc(C2C(C(=O)c3cc4ccccc4o3)=C(O)C(=O)N2c2ccccc2O)c1. The molecule has 1 aliphatic rings. The van der Waals surface area contributed by atoms with Crippen LogP contribution in [-0.2, 0) is 4.79 Å². The lowest BCUT2D eigenvalue weighted by Crippen LogP contribution is -2.31. The second-order valence-electron chi connectivity index (χ2n) is 7.72. The molecule has 0 saturated carbocycles. The molecule has 1 aliphatic heterocycles. The van der Waals surface area contributed by atoms with E-state index in [4.69, 9.17) is 4.42 Å². The lowest BCUT2D eigenvalue weighted by Gasteiger charge is -2.27. The van der Waals surface area contributed by atoms with E-state index in [1.807, 2.05) is 37.3 Å². The van der Waals surface area contributed by atoms with Crippen molar-refractivity contribution in [3.63, 3.8) is 0 Å². The van der Waals surface area contributed by atoms with Gasteiger partial charge in [0.05, 0.1) is 17.3 Å². The van der Waals surface area contributed by atoms with Gasteiger partial charge < -0.3 is 14.6 Å². The number of carbonyl (C=O) groups excluding carboxylic acids is 2. The Balaban J connectivity index is 1.69. The first-order chi connectivity index (χ1) is 15.5. The van der Waals surface area contributed by atoms with Crippen LogP contribution in [0.3, 0.4) is 0 Å². The number of hydrogen-bond donors (Lipinski definition) is 2. The number of furan rings is 1. The molecular formula is C26H19NO5. The van der Waals surface area contributed by atoms with Crippen molar-refractivity contribution in [2.75, 3.05) is 4.90 Å². The minimum atomic E-state index is -0.934. The summed E-state index contributed by atoms with van der Waals surface area (Å²) in [6.07, 6.45) is 0. The van der Waals surface area contributed by atoms with Crippen molar-refractivity contribution in [2.45, 2.75) is 13.0 Å². The van der Waals surface area contributed by atoms with Gasteiger partial charge in [-0.05, 0) is 36.8 Å². The van der Waals surface area contributed by atoms with Gasteiger partial charge in [0.2, 0.25) is 5.78 Å². The molecule has 1 amide bonds. The predicted molar refractivity (Wildman–Crippen MR) is 120 cm³/mol. The van der Waals surface area contributed by atoms with Crippen molar-refractivity contribution in [1.82, 2.24) is 0 Å². The zero-order valence-electron chi connectivity index (χ0n) is 17.1. The molecule has 1 unspecified atom stereocenters. The van der Waals surface area contributed by atoms with Gasteiger partial charge in [-0.25, -0.2) is 0 Å². The third-order valence-electron chi connectivity index (χ3n) is 5.60. The number of para-hydroxylation sites is 3. The molecule has 0 saturated heterocycles. The second kappa shape index (κ2) is 7.42. The molecule has 0 aliphatic carbocycles. The Bertz CT molecular complexity index is 1380. The first-order valence-electron chi connectivity index (χ1n) is 10.1. The first-order valence-corrected chi connectivity index (χ1v) is 10.1. The zero-order chi connectivity index (χ0) is 22.4. The number of amides is 1. The number of phenols is 1. The van der Waals surface area contributed by atoms with Crippen LogP contribution in [0.1, 0.15) is 27.7 Å². The monoisotopic (exact) mass is 425 g/mol. The van der Waals surface area contributed by atoms with Gasteiger partial charge >= 0.3 is 0 Å². The molecule has 0 bridgehead atoms. The summed E-state index contributed by atoms with van der Waals surface area (Å²) >= 11 is 0. The fourth-order valence-electron chi connectivity index (χ4n) is 4.14. The number of rotatable bonds is 4. The first kappa shape index (κ1) is 19.6. The van der Waals surface area contributed by atoms with E-state index in [1.54, 1.807) is 42.5 Å². The van der Waals surface area contributed by atoms with Crippen molar-refractivity contribution in [3.8, 4) is 5.75 Å². The Hall–Kier alpha value is -4.32. The third-order valence-corrected chi connectivity index (χ3v) is 5.60. The molecule has 4 aromatic rings. The Morgan fingerprint density at radius 3 is 2.44 bits per heavy atom. The van der Waals surface area contributed by atoms with Gasteiger partial charge in [-0.3, -0.25) is 14.5 Å². The van der Waals surface area contributed by atoms with Crippen LogP contribution in [0.4, 0.5) is 5.69 Å². The maximum absolute atomic E-state index is 13.6. The van der Waals surface area contributed by atoms with Crippen LogP contribution in [-0.4, -0.2) is 21.9 Å². The zero-order valence-corrected chi connectivity index (χ0v) is 17.1. The van der Waals surface area contributed by atoms with Crippen LogP contribution in [0.5, 0.6) is 5.75 Å². The van der Waals surface area contributed by atoms with E-state index in [0.29, 0.717) is 11.1 Å². The van der Waals surface area contributed by atoms with Crippen molar-refractivity contribution in [2.24, 2.45) is 0 Å². The molecule has 5 rings (SSSR count). The number of anilines is 1. The summed E-state index contributed by atoms with van der Waals surface area (Å²) in [4.78, 5) is 28.0. The molecule has 0 spiro atoms. The molecule has 158 valence electrons. The van der Waals surface area contributed by atoms with Gasteiger partial charge in [0.15, 0.2) is 11.5 Å². The number of aryl methyl sites for hydroxylation is 1. The quantitative estimate of drug-likeness (QED) is 0.437. The fraction of sp³-hybridized carbons (Fsp3) is 0.0769. The number of aliphatic hydroxyl groups is 1. The second-order valence-corrected chi connectivity index (χ2v) is 7.72. The number of phenolic OH excluding ortho intramolecular Hbond substituents is 1. The fourth-order valence-corrected chi connectivity index (χ4v) is 4.14. The predicted octanol–water partition coefficient (Wildman–Crippen LogP) is 5.23. The Labute approximate surface area is 183 Å². The van der Waals surface area contributed by atoms with E-state index in [9.17, 15) is 19.8 Å². The maximum atomic E-state index is 13.6. The Kier molecular flexibility index (Phi) is 4.56. The van der Waals surface area contributed by atoms with Gasteiger partial charge in [-0.2, -0.15) is 0 Å². The number of benzene rings is 3. The highest BCUT2D eigenvalue weighted by molar-refractivity contribution is 6.21. The number of fused-ring (bicyclic) bond motifs is 1. The lowest BCUT2D eigenvalue weighted by atomic mass is 9.93. The Morgan fingerprint density at radius 1 is 0.938 bits per heavy atom. The average Bonchev–Trinajstić information content (AvgIpc) is 3.33. The van der Waals surface area contributed by atoms with Crippen LogP contribution in [0.25, 0.3) is 11.0 Å². The molecule has 0 fully saturated rings. The summed E-state index contributed by atoms with van der Waals surface area (Å²) < 4.78 is 5.72. The number of hydrogen-bond acceptors (Lipinski definition) is 5. The minimum Gasteiger partial charge on any atom is -0.506 e. The molecule has 6 heteroatoms. The molecule has 2 heterocycles. The maximum Gasteiger partial charge on any atom is 0.294 e. The van der Waals surface area contributed by atoms with Gasteiger partial charge in [-0.1, -0.05) is 60.2 Å². The third kappa shape index (κ3) is 3.04. The van der Waals surface area contributed by atoms with E-state index in [1.165, 1.54) is 11.0 Å². The van der Waals surface area contributed by atoms with Gasteiger partial charge in [0.25, 0.3) is 5.91 Å². The van der Waals surface area contributed by atoms with E-state index in [0.717, 1.165) is 10.9 Å². The van der Waals surface area contributed by atoms with Crippen LogP contribution in [0, 0.1) is 6.92 Å². The molecule has 6 nitrogen and oxygen atoms in total. The summed E-state index contributed by atoms with van der Waals surface area (Å²) in [6.45, 7) is 1.90. The van der Waals surface area contributed by atoms with Crippen molar-refractivity contribution >= 4 is 28.3 Å². The molecule has 32 heavy (non-hydrogen) atoms. The Morgan fingerprint density at radius 2 is 1.69 bits per heavy atom. The molecule has 3 aromatic carbocycles. The van der Waals surface area contributed by atoms with E-state index in [2.05, 4.69) is 0 Å². The van der Waals surface area contributed by atoms with Crippen LogP contribution < -0.4 is 4.90 Å². The summed E-state index contributed by atoms with van der Waals surface area (Å²) in [6, 6.07) is 21.5. The van der Waals surface area contributed by atoms with Crippen LogP contribution in [0.15, 0.2) is 94.6 Å². The lowest BCUT2D eigenvalue weighted by molar-refractivity contribution is -0.117. The van der Waals surface area contributed by atoms with Crippen LogP contribution in [0.2, 0.25) is 0 Å². The van der Waals surface area contributed by atoms with Gasteiger partial charge in [-0.15, -0.1) is 0 Å². The highest BCUT2D eigenvalue weighted by Gasteiger charge is 2.46. The number of carbonyl (C=O) groups is 2. The van der Waals surface area contributed by atoms with E-state index >= 15 is 0 Å². The van der Waals surface area contributed by atoms with Crippen molar-refractivity contribution < 1.29 is 24.2 Å². The highest BCUT2D eigenvalue weighted by Crippen LogP contribution is 2.44. The number of aromatic hydroxyl groups is 1. The molecule has 0 radical (unpaired) electrons. The number of Topliss-reactive ketones (excluding diaryl/α,β-unsaturated/α-hetero) is 1. The summed E-state index contributed by atoms with van der Waals surface area (Å²) in [5.41, 5.74) is 2.19. The highest BCUT2D eigenvalue weighted by atomic mass is 16.3.